The van der Waals surface area contributed by atoms with E-state index in [2.05, 4.69) is 18.7 Å². The first-order valence-electron chi connectivity index (χ1n) is 6.59. The Kier molecular flexibility index (Phi) is 6.81. The number of benzene rings is 1. The molecule has 1 aliphatic heterocycles. The molecular formula is C14H22ClNO3. The van der Waals surface area contributed by atoms with E-state index in [0.29, 0.717) is 19.8 Å². The van der Waals surface area contributed by atoms with Crippen LogP contribution < -0.4 is 14.2 Å². The van der Waals surface area contributed by atoms with Crippen molar-refractivity contribution < 1.29 is 14.2 Å². The largest absolute Gasteiger partial charge is 0.488 e. The van der Waals surface area contributed by atoms with E-state index in [4.69, 9.17) is 14.2 Å². The van der Waals surface area contributed by atoms with Crippen LogP contribution >= 0.6 is 12.4 Å². The molecule has 0 spiro atoms. The fraction of sp³-hybridized carbons (Fsp3) is 0.571. The van der Waals surface area contributed by atoms with Crippen molar-refractivity contribution in [3.05, 3.63) is 18.2 Å². The molecule has 5 heteroatoms. The van der Waals surface area contributed by atoms with Crippen molar-refractivity contribution >= 4 is 12.4 Å². The summed E-state index contributed by atoms with van der Waals surface area (Å²) >= 11 is 0. The Bertz CT molecular complexity index is 383. The maximum atomic E-state index is 5.79. The second-order valence-electron chi connectivity index (χ2n) is 4.16. The Morgan fingerprint density at radius 2 is 1.89 bits per heavy atom. The molecule has 0 radical (unpaired) electrons. The summed E-state index contributed by atoms with van der Waals surface area (Å²) in [4.78, 5) is 2.33. The van der Waals surface area contributed by atoms with Crippen molar-refractivity contribution in [3.63, 3.8) is 0 Å². The van der Waals surface area contributed by atoms with Crippen molar-refractivity contribution in [2.45, 2.75) is 13.8 Å². The number of fused-ring (bicyclic) bond motifs is 1. The van der Waals surface area contributed by atoms with Gasteiger partial charge in [-0.2, -0.15) is 0 Å². The molecule has 19 heavy (non-hydrogen) atoms. The van der Waals surface area contributed by atoms with Crippen molar-refractivity contribution in [1.29, 1.82) is 0 Å². The number of hydrogen-bond acceptors (Lipinski definition) is 4. The first-order valence-corrected chi connectivity index (χ1v) is 6.59. The molecule has 1 aromatic rings. The molecule has 2 rings (SSSR count). The second-order valence-corrected chi connectivity index (χ2v) is 4.16. The number of hydrogen-bond donors (Lipinski definition) is 0. The summed E-state index contributed by atoms with van der Waals surface area (Å²) in [6.07, 6.45) is 0. The predicted octanol–water partition coefficient (Wildman–Crippen LogP) is 2.60. The van der Waals surface area contributed by atoms with Gasteiger partial charge in [-0.25, -0.2) is 0 Å². The Hall–Kier alpha value is -1.13. The molecule has 0 aliphatic carbocycles. The van der Waals surface area contributed by atoms with Crippen LogP contribution in [0.4, 0.5) is 0 Å². The summed E-state index contributed by atoms with van der Waals surface area (Å²) in [7, 11) is 0. The van der Waals surface area contributed by atoms with Crippen LogP contribution in [-0.4, -0.2) is 44.4 Å². The van der Waals surface area contributed by atoms with Gasteiger partial charge >= 0.3 is 0 Å². The smallest absolute Gasteiger partial charge is 0.203 e. The summed E-state index contributed by atoms with van der Waals surface area (Å²) in [6, 6.07) is 5.77. The maximum Gasteiger partial charge on any atom is 0.203 e. The van der Waals surface area contributed by atoms with Gasteiger partial charge in [0.25, 0.3) is 0 Å². The molecule has 0 bridgehead atoms. The first-order chi connectivity index (χ1) is 8.85. The van der Waals surface area contributed by atoms with Crippen LogP contribution in [0, 0.1) is 0 Å². The minimum absolute atomic E-state index is 0. The lowest BCUT2D eigenvalue weighted by atomic mass is 10.3. The van der Waals surface area contributed by atoms with Crippen LogP contribution in [0.25, 0.3) is 0 Å². The third-order valence-electron chi connectivity index (χ3n) is 3.09. The van der Waals surface area contributed by atoms with Crippen molar-refractivity contribution in [3.8, 4) is 17.2 Å². The molecule has 1 aromatic carbocycles. The molecule has 0 aromatic heterocycles. The van der Waals surface area contributed by atoms with E-state index < -0.39 is 0 Å². The standard InChI is InChI=1S/C14H21NO3.ClH/c1-3-15(4-2)8-9-16-12-6-5-7-13-14(12)18-11-10-17-13;/h5-7H,3-4,8-11H2,1-2H3;1H. The highest BCUT2D eigenvalue weighted by atomic mass is 35.5. The van der Waals surface area contributed by atoms with Gasteiger partial charge in [0.2, 0.25) is 5.75 Å². The van der Waals surface area contributed by atoms with Gasteiger partial charge in [-0.3, -0.25) is 0 Å². The van der Waals surface area contributed by atoms with Gasteiger partial charge in [0, 0.05) is 6.54 Å². The molecule has 0 fully saturated rings. The Morgan fingerprint density at radius 3 is 2.63 bits per heavy atom. The molecule has 0 saturated carbocycles. The van der Waals surface area contributed by atoms with E-state index in [0.717, 1.165) is 36.9 Å². The number of ether oxygens (including phenoxy) is 3. The Morgan fingerprint density at radius 1 is 1.16 bits per heavy atom. The highest BCUT2D eigenvalue weighted by Gasteiger charge is 2.16. The molecule has 1 aliphatic rings. The Labute approximate surface area is 121 Å². The average Bonchev–Trinajstić information content (AvgIpc) is 2.44. The van der Waals surface area contributed by atoms with Gasteiger partial charge < -0.3 is 19.1 Å². The van der Waals surface area contributed by atoms with Crippen LogP contribution in [0.2, 0.25) is 0 Å². The van der Waals surface area contributed by atoms with Crippen LogP contribution in [0.5, 0.6) is 17.2 Å². The van der Waals surface area contributed by atoms with Crippen molar-refractivity contribution in [2.24, 2.45) is 0 Å². The molecule has 4 nitrogen and oxygen atoms in total. The number of para-hydroxylation sites is 1. The van der Waals surface area contributed by atoms with Crippen LogP contribution in [-0.2, 0) is 0 Å². The summed E-state index contributed by atoms with van der Waals surface area (Å²) in [5.41, 5.74) is 0. The van der Waals surface area contributed by atoms with Crippen molar-refractivity contribution in [2.75, 3.05) is 39.5 Å². The molecule has 0 amide bonds. The van der Waals surface area contributed by atoms with E-state index >= 15 is 0 Å². The number of halogens is 1. The third kappa shape index (κ3) is 4.18. The zero-order valence-corrected chi connectivity index (χ0v) is 12.4. The normalized spacial score (nSPS) is 13.0. The lowest BCUT2D eigenvalue weighted by Gasteiger charge is -2.22. The van der Waals surface area contributed by atoms with E-state index in [1.807, 2.05) is 18.2 Å². The number of rotatable bonds is 6. The van der Waals surface area contributed by atoms with Gasteiger partial charge in [-0.1, -0.05) is 19.9 Å². The van der Waals surface area contributed by atoms with Crippen LogP contribution in [0.1, 0.15) is 13.8 Å². The predicted molar refractivity (Wildman–Crippen MR) is 78.0 cm³/mol. The highest BCUT2D eigenvalue weighted by molar-refractivity contribution is 5.85. The molecule has 0 saturated heterocycles. The summed E-state index contributed by atoms with van der Waals surface area (Å²) < 4.78 is 16.9. The molecule has 108 valence electrons. The minimum Gasteiger partial charge on any atom is -0.488 e. The second kappa shape index (κ2) is 8.12. The first kappa shape index (κ1) is 15.9. The van der Waals surface area contributed by atoms with Crippen molar-refractivity contribution in [1.82, 2.24) is 4.90 Å². The maximum absolute atomic E-state index is 5.79. The summed E-state index contributed by atoms with van der Waals surface area (Å²) in [5, 5.41) is 0. The molecule has 0 unspecified atom stereocenters. The topological polar surface area (TPSA) is 30.9 Å². The van der Waals surface area contributed by atoms with Crippen LogP contribution in [0.15, 0.2) is 18.2 Å². The quantitative estimate of drug-likeness (QED) is 0.805. The molecule has 0 atom stereocenters. The molecule has 1 heterocycles. The van der Waals surface area contributed by atoms with E-state index in [1.165, 1.54) is 0 Å². The van der Waals surface area contributed by atoms with E-state index in [-0.39, 0.29) is 12.4 Å². The zero-order valence-electron chi connectivity index (χ0n) is 11.6. The molecular weight excluding hydrogens is 266 g/mol. The van der Waals surface area contributed by atoms with Crippen LogP contribution in [0.3, 0.4) is 0 Å². The third-order valence-corrected chi connectivity index (χ3v) is 3.09. The fourth-order valence-electron chi connectivity index (χ4n) is 1.99. The summed E-state index contributed by atoms with van der Waals surface area (Å²) in [5.74, 6) is 2.30. The zero-order chi connectivity index (χ0) is 12.8. The number of nitrogens with zero attached hydrogens (tertiary/aromatic N) is 1. The van der Waals surface area contributed by atoms with E-state index in [9.17, 15) is 0 Å². The lowest BCUT2D eigenvalue weighted by Crippen LogP contribution is -2.28. The summed E-state index contributed by atoms with van der Waals surface area (Å²) in [6.45, 7) is 9.20. The van der Waals surface area contributed by atoms with E-state index in [1.54, 1.807) is 0 Å². The fourth-order valence-corrected chi connectivity index (χ4v) is 1.99. The number of likely N-dealkylation sites (N-methyl/N-ethyl adjacent to an activating group) is 1. The Balaban J connectivity index is 0.00000180. The highest BCUT2D eigenvalue weighted by Crippen LogP contribution is 2.38. The molecule has 0 N–H and O–H groups in total. The van der Waals surface area contributed by atoms with Gasteiger partial charge in [-0.15, -0.1) is 12.4 Å². The SMILES string of the molecule is CCN(CC)CCOc1cccc2c1OCCO2.Cl. The monoisotopic (exact) mass is 287 g/mol. The van der Waals surface area contributed by atoms with Gasteiger partial charge in [0.1, 0.15) is 19.8 Å². The minimum atomic E-state index is 0. The van der Waals surface area contributed by atoms with Gasteiger partial charge in [-0.05, 0) is 25.2 Å². The van der Waals surface area contributed by atoms with Gasteiger partial charge in [0.05, 0.1) is 0 Å². The average molecular weight is 288 g/mol. The van der Waals surface area contributed by atoms with Gasteiger partial charge in [0.15, 0.2) is 11.5 Å². The lowest BCUT2D eigenvalue weighted by molar-refractivity contribution is 0.158.